The van der Waals surface area contributed by atoms with Crippen molar-refractivity contribution in [1.29, 1.82) is 0 Å². The minimum Gasteiger partial charge on any atom is -0.340 e. The third-order valence-electron chi connectivity index (χ3n) is 6.01. The van der Waals surface area contributed by atoms with Gasteiger partial charge in [-0.15, -0.1) is 0 Å². The zero-order valence-corrected chi connectivity index (χ0v) is 19.3. The fraction of sp³-hybridized carbons (Fsp3) is 0.0741. The van der Waals surface area contributed by atoms with Crippen molar-refractivity contribution in [3.8, 4) is 0 Å². The average Bonchev–Trinajstić information content (AvgIpc) is 3.10. The summed E-state index contributed by atoms with van der Waals surface area (Å²) in [6.45, 7) is 2.48. The van der Waals surface area contributed by atoms with Gasteiger partial charge in [-0.2, -0.15) is 0 Å². The van der Waals surface area contributed by atoms with Crippen LogP contribution in [0.5, 0.6) is 0 Å². The zero-order chi connectivity index (χ0) is 24.7. The largest absolute Gasteiger partial charge is 0.340 e. The molecule has 1 aliphatic heterocycles. The third kappa shape index (κ3) is 4.11. The quantitative estimate of drug-likeness (QED) is 0.307. The van der Waals surface area contributed by atoms with Crippen LogP contribution in [0.3, 0.4) is 0 Å². The van der Waals surface area contributed by atoms with Gasteiger partial charge in [-0.3, -0.25) is 14.9 Å². The molecule has 1 fully saturated rings. The van der Waals surface area contributed by atoms with Crippen molar-refractivity contribution in [3.63, 3.8) is 0 Å². The summed E-state index contributed by atoms with van der Waals surface area (Å²) in [6, 6.07) is 19.3. The van der Waals surface area contributed by atoms with Crippen LogP contribution < -0.4 is 10.2 Å². The van der Waals surface area contributed by atoms with Crippen LogP contribution in [0.25, 0.3) is 17.0 Å². The monoisotopic (exact) mass is 487 g/mol. The number of nitrogens with one attached hydrogen (secondary N) is 1. The normalized spacial score (nSPS) is 15.2. The molecule has 1 saturated heterocycles. The van der Waals surface area contributed by atoms with Crippen LogP contribution in [-0.4, -0.2) is 22.4 Å². The van der Waals surface area contributed by atoms with Gasteiger partial charge in [0, 0.05) is 33.7 Å². The van der Waals surface area contributed by atoms with Gasteiger partial charge in [-0.05, 0) is 61.0 Å². The number of carbonyl (C=O) groups is 3. The number of hydrogen-bond donors (Lipinski definition) is 1. The number of rotatable bonds is 4. The van der Waals surface area contributed by atoms with Crippen LogP contribution >= 0.6 is 11.6 Å². The molecule has 4 amide bonds. The first kappa shape index (κ1) is 22.6. The summed E-state index contributed by atoms with van der Waals surface area (Å²) in [7, 11) is 0. The molecule has 0 saturated carbocycles. The number of anilines is 1. The maximum Gasteiger partial charge on any atom is 0.335 e. The lowest BCUT2D eigenvalue weighted by Crippen LogP contribution is -2.54. The van der Waals surface area contributed by atoms with Gasteiger partial charge in [-0.25, -0.2) is 14.1 Å². The highest BCUT2D eigenvalue weighted by Gasteiger charge is 2.37. The minimum atomic E-state index is -0.884. The number of aromatic nitrogens is 1. The lowest BCUT2D eigenvalue weighted by molar-refractivity contribution is -0.122. The highest BCUT2D eigenvalue weighted by Crippen LogP contribution is 2.30. The topological polar surface area (TPSA) is 71.4 Å². The van der Waals surface area contributed by atoms with E-state index in [4.69, 9.17) is 11.6 Å². The molecule has 1 aromatic heterocycles. The Bertz CT molecular complexity index is 1520. The molecule has 2 heterocycles. The SMILES string of the molecule is Cc1c(/C=C2\C(=O)NC(=O)N(c3ccc(F)cc3)C2=O)c2ccccc2n1Cc1ccc(Cl)cc1. The third-order valence-corrected chi connectivity index (χ3v) is 6.26. The van der Waals surface area contributed by atoms with E-state index in [2.05, 4.69) is 9.88 Å². The maximum absolute atomic E-state index is 13.4. The zero-order valence-electron chi connectivity index (χ0n) is 18.6. The van der Waals surface area contributed by atoms with Crippen molar-refractivity contribution in [1.82, 2.24) is 9.88 Å². The van der Waals surface area contributed by atoms with Crippen molar-refractivity contribution < 1.29 is 18.8 Å². The van der Waals surface area contributed by atoms with Crippen molar-refractivity contribution in [2.75, 3.05) is 4.90 Å². The molecule has 8 heteroatoms. The number of carbonyl (C=O) groups excluding carboxylic acids is 3. The molecular weight excluding hydrogens is 469 g/mol. The predicted octanol–water partition coefficient (Wildman–Crippen LogP) is 5.46. The van der Waals surface area contributed by atoms with E-state index in [1.807, 2.05) is 55.5 Å². The molecule has 1 aliphatic rings. The number of imide groups is 2. The summed E-state index contributed by atoms with van der Waals surface area (Å²) in [6.07, 6.45) is 1.51. The van der Waals surface area contributed by atoms with Crippen LogP contribution in [0, 0.1) is 12.7 Å². The lowest BCUT2D eigenvalue weighted by atomic mass is 10.0. The number of benzene rings is 3. The van der Waals surface area contributed by atoms with Crippen molar-refractivity contribution in [2.45, 2.75) is 13.5 Å². The molecule has 0 aliphatic carbocycles. The summed E-state index contributed by atoms with van der Waals surface area (Å²) in [5.74, 6) is -2.07. The van der Waals surface area contributed by atoms with Crippen LogP contribution in [0.4, 0.5) is 14.9 Å². The van der Waals surface area contributed by atoms with E-state index in [1.165, 1.54) is 18.2 Å². The number of hydrogen-bond acceptors (Lipinski definition) is 3. The summed E-state index contributed by atoms with van der Waals surface area (Å²) in [5.41, 5.74) is 3.49. The van der Waals surface area contributed by atoms with Crippen LogP contribution in [0.2, 0.25) is 5.02 Å². The van der Waals surface area contributed by atoms with Gasteiger partial charge >= 0.3 is 6.03 Å². The smallest absolute Gasteiger partial charge is 0.335 e. The first-order valence-corrected chi connectivity index (χ1v) is 11.2. The molecule has 0 unspecified atom stereocenters. The first-order chi connectivity index (χ1) is 16.8. The number of amides is 4. The molecule has 4 aromatic rings. The van der Waals surface area contributed by atoms with E-state index >= 15 is 0 Å². The minimum absolute atomic E-state index is 0.161. The van der Waals surface area contributed by atoms with Gasteiger partial charge in [-0.1, -0.05) is 41.9 Å². The Hall–Kier alpha value is -4.23. The lowest BCUT2D eigenvalue weighted by Gasteiger charge is -2.26. The maximum atomic E-state index is 13.4. The molecule has 3 aromatic carbocycles. The van der Waals surface area contributed by atoms with Gasteiger partial charge in [0.25, 0.3) is 11.8 Å². The molecule has 0 spiro atoms. The summed E-state index contributed by atoms with van der Waals surface area (Å²) in [5, 5.41) is 3.72. The summed E-state index contributed by atoms with van der Waals surface area (Å²) < 4.78 is 15.5. The van der Waals surface area contributed by atoms with Gasteiger partial charge in [0.05, 0.1) is 5.69 Å². The Kier molecular flexibility index (Phi) is 5.70. The van der Waals surface area contributed by atoms with E-state index in [9.17, 15) is 18.8 Å². The van der Waals surface area contributed by atoms with E-state index in [1.54, 1.807) is 0 Å². The Morgan fingerprint density at radius 1 is 0.943 bits per heavy atom. The van der Waals surface area contributed by atoms with Crippen LogP contribution in [0.1, 0.15) is 16.8 Å². The number of halogens is 2. The fourth-order valence-corrected chi connectivity index (χ4v) is 4.37. The predicted molar refractivity (Wildman–Crippen MR) is 133 cm³/mol. The van der Waals surface area contributed by atoms with E-state index in [0.29, 0.717) is 17.1 Å². The molecule has 0 atom stereocenters. The average molecular weight is 488 g/mol. The molecule has 1 N–H and O–H groups in total. The number of nitrogens with zero attached hydrogens (tertiary/aromatic N) is 2. The van der Waals surface area contributed by atoms with Gasteiger partial charge < -0.3 is 4.57 Å². The Morgan fingerprint density at radius 3 is 2.34 bits per heavy atom. The molecule has 0 bridgehead atoms. The van der Waals surface area contributed by atoms with Crippen molar-refractivity contribution >= 4 is 52.1 Å². The molecule has 6 nitrogen and oxygen atoms in total. The Balaban J connectivity index is 1.60. The molecular formula is C27H19ClFN3O3. The summed E-state index contributed by atoms with van der Waals surface area (Å²) in [4.78, 5) is 39.3. The standard InChI is InChI=1S/C27H19ClFN3O3/c1-16-22(21-4-2-3-5-24(21)31(16)15-17-6-8-18(28)9-7-17)14-23-25(33)30-27(35)32(26(23)34)20-12-10-19(29)11-13-20/h2-14H,15H2,1H3,(H,30,33,35)/b23-14+. The molecule has 0 radical (unpaired) electrons. The molecule has 174 valence electrons. The Labute approximate surface area is 205 Å². The molecule has 5 rings (SSSR count). The van der Waals surface area contributed by atoms with Crippen molar-refractivity contribution in [3.05, 3.63) is 106 Å². The van der Waals surface area contributed by atoms with Gasteiger partial charge in [0.1, 0.15) is 11.4 Å². The van der Waals surface area contributed by atoms with E-state index < -0.39 is 23.7 Å². The van der Waals surface area contributed by atoms with Gasteiger partial charge in [0.2, 0.25) is 0 Å². The summed E-state index contributed by atoms with van der Waals surface area (Å²) >= 11 is 6.02. The number of urea groups is 1. The second-order valence-electron chi connectivity index (χ2n) is 8.16. The molecule has 35 heavy (non-hydrogen) atoms. The first-order valence-electron chi connectivity index (χ1n) is 10.8. The second kappa shape index (κ2) is 8.85. The Morgan fingerprint density at radius 2 is 1.63 bits per heavy atom. The highest BCUT2D eigenvalue weighted by atomic mass is 35.5. The fourth-order valence-electron chi connectivity index (χ4n) is 4.24. The van der Waals surface area contributed by atoms with Crippen LogP contribution in [-0.2, 0) is 16.1 Å². The number of fused-ring (bicyclic) bond motifs is 1. The van der Waals surface area contributed by atoms with Gasteiger partial charge in [0.15, 0.2) is 0 Å². The van der Waals surface area contributed by atoms with Crippen molar-refractivity contribution in [2.24, 2.45) is 0 Å². The highest BCUT2D eigenvalue weighted by molar-refractivity contribution is 6.39. The number of barbiturate groups is 1. The number of para-hydroxylation sites is 1. The second-order valence-corrected chi connectivity index (χ2v) is 8.60. The van der Waals surface area contributed by atoms with Crippen LogP contribution in [0.15, 0.2) is 78.4 Å². The van der Waals surface area contributed by atoms with E-state index in [0.717, 1.165) is 39.2 Å². The van der Waals surface area contributed by atoms with E-state index in [-0.39, 0.29) is 11.3 Å².